The molecule has 0 N–H and O–H groups in total. The van der Waals surface area contributed by atoms with E-state index in [9.17, 15) is 22.4 Å². The molecule has 4 rings (SSSR count). The number of sulfone groups is 1. The first-order valence-corrected chi connectivity index (χ1v) is 11.0. The molecule has 2 aliphatic heterocycles. The second kappa shape index (κ2) is 7.94. The fourth-order valence-electron chi connectivity index (χ4n) is 3.20. The molecule has 0 saturated carbocycles. The SMILES string of the molecule is O=C(OCc1nnc(-c2ccc(F)cc2)o1)C1=NN(C2CCS(=O)(=O)C2)C(=O)CC1. The molecule has 1 atom stereocenters. The molecule has 0 aliphatic carbocycles. The van der Waals surface area contributed by atoms with Gasteiger partial charge in [-0.15, -0.1) is 10.2 Å². The molecule has 1 saturated heterocycles. The summed E-state index contributed by atoms with van der Waals surface area (Å²) in [6.07, 6.45) is 0.423. The van der Waals surface area contributed by atoms with Crippen LogP contribution in [0.3, 0.4) is 0 Å². The van der Waals surface area contributed by atoms with E-state index in [1.54, 1.807) is 0 Å². The number of rotatable bonds is 5. The van der Waals surface area contributed by atoms with E-state index in [2.05, 4.69) is 15.3 Å². The van der Waals surface area contributed by atoms with Crippen LogP contribution in [0.5, 0.6) is 0 Å². The summed E-state index contributed by atoms with van der Waals surface area (Å²) in [4.78, 5) is 24.5. The molecule has 0 spiro atoms. The van der Waals surface area contributed by atoms with Crippen molar-refractivity contribution in [3.63, 3.8) is 0 Å². The van der Waals surface area contributed by atoms with E-state index in [1.165, 1.54) is 24.3 Å². The van der Waals surface area contributed by atoms with Crippen molar-refractivity contribution in [3.05, 3.63) is 36.0 Å². The van der Waals surface area contributed by atoms with E-state index in [0.717, 1.165) is 5.01 Å². The first kappa shape index (κ1) is 20.1. The lowest BCUT2D eigenvalue weighted by Gasteiger charge is -2.27. The van der Waals surface area contributed by atoms with Gasteiger partial charge in [0, 0.05) is 18.4 Å². The summed E-state index contributed by atoms with van der Waals surface area (Å²) in [6, 6.07) is 4.89. The van der Waals surface area contributed by atoms with Crippen molar-refractivity contribution in [2.24, 2.45) is 5.10 Å². The predicted molar refractivity (Wildman–Crippen MR) is 100 cm³/mol. The van der Waals surface area contributed by atoms with Crippen molar-refractivity contribution < 1.29 is 31.6 Å². The zero-order valence-electron chi connectivity index (χ0n) is 15.7. The molecule has 0 radical (unpaired) electrons. The Kier molecular flexibility index (Phi) is 5.33. The first-order chi connectivity index (χ1) is 14.3. The lowest BCUT2D eigenvalue weighted by molar-refractivity contribution is -0.138. The van der Waals surface area contributed by atoms with Gasteiger partial charge in [-0.3, -0.25) is 4.79 Å². The Hall–Kier alpha value is -3.15. The van der Waals surface area contributed by atoms with Crippen LogP contribution in [-0.4, -0.2) is 58.8 Å². The third-order valence-electron chi connectivity index (χ3n) is 4.73. The summed E-state index contributed by atoms with van der Waals surface area (Å²) in [5, 5.41) is 12.7. The van der Waals surface area contributed by atoms with Gasteiger partial charge in [-0.1, -0.05) is 0 Å². The summed E-state index contributed by atoms with van der Waals surface area (Å²) in [5.41, 5.74) is 0.538. The number of ether oxygens (including phenoxy) is 1. The average molecular weight is 436 g/mol. The number of aromatic nitrogens is 2. The number of carbonyl (C=O) groups excluding carboxylic acids is 2. The van der Waals surface area contributed by atoms with Gasteiger partial charge in [0.2, 0.25) is 11.8 Å². The standard InChI is InChI=1S/C18H17FN4O6S/c19-12-3-1-11(2-4-12)17-21-20-15(29-17)9-28-18(25)14-5-6-16(24)23(22-14)13-7-8-30(26,27)10-13/h1-4,13H,5-10H2. The highest BCUT2D eigenvalue weighted by Gasteiger charge is 2.37. The van der Waals surface area contributed by atoms with Crippen molar-refractivity contribution in [2.45, 2.75) is 31.9 Å². The largest absolute Gasteiger partial charge is 0.451 e. The molecule has 1 unspecified atom stereocenters. The van der Waals surface area contributed by atoms with E-state index < -0.39 is 27.7 Å². The molecular weight excluding hydrogens is 419 g/mol. The molecule has 2 aliphatic rings. The van der Waals surface area contributed by atoms with E-state index in [0.29, 0.717) is 5.56 Å². The first-order valence-electron chi connectivity index (χ1n) is 9.16. The summed E-state index contributed by atoms with van der Waals surface area (Å²) >= 11 is 0. The van der Waals surface area contributed by atoms with Gasteiger partial charge in [0.1, 0.15) is 11.5 Å². The van der Waals surface area contributed by atoms with Crippen LogP contribution in [0.1, 0.15) is 25.2 Å². The molecule has 3 heterocycles. The quantitative estimate of drug-likeness (QED) is 0.636. The van der Waals surface area contributed by atoms with Crippen LogP contribution in [0.2, 0.25) is 0 Å². The third kappa shape index (κ3) is 4.37. The van der Waals surface area contributed by atoms with E-state index in [1.807, 2.05) is 0 Å². The van der Waals surface area contributed by atoms with Crippen LogP contribution in [0, 0.1) is 5.82 Å². The minimum absolute atomic E-state index is 0.00962. The molecule has 10 nitrogen and oxygen atoms in total. The molecule has 1 fully saturated rings. The molecule has 1 aromatic carbocycles. The summed E-state index contributed by atoms with van der Waals surface area (Å²) in [7, 11) is -3.20. The maximum absolute atomic E-state index is 13.0. The molecule has 158 valence electrons. The molecular formula is C18H17FN4O6S. The van der Waals surface area contributed by atoms with Crippen LogP contribution in [0.4, 0.5) is 4.39 Å². The number of hydrogen-bond donors (Lipinski definition) is 0. The Morgan fingerprint density at radius 1 is 1.23 bits per heavy atom. The highest BCUT2D eigenvalue weighted by molar-refractivity contribution is 7.91. The van der Waals surface area contributed by atoms with Gasteiger partial charge < -0.3 is 9.15 Å². The molecule has 12 heteroatoms. The van der Waals surface area contributed by atoms with Crippen molar-refractivity contribution in [2.75, 3.05) is 11.5 Å². The lowest BCUT2D eigenvalue weighted by atomic mass is 10.1. The number of amides is 1. The number of nitrogens with zero attached hydrogens (tertiary/aromatic N) is 4. The van der Waals surface area contributed by atoms with E-state index >= 15 is 0 Å². The van der Waals surface area contributed by atoms with Crippen LogP contribution in [0.15, 0.2) is 33.8 Å². The van der Waals surface area contributed by atoms with Crippen molar-refractivity contribution in [1.82, 2.24) is 15.2 Å². The highest BCUT2D eigenvalue weighted by Crippen LogP contribution is 2.23. The molecule has 1 aromatic heterocycles. The van der Waals surface area contributed by atoms with Crippen molar-refractivity contribution in [3.8, 4) is 11.5 Å². The molecule has 0 bridgehead atoms. The van der Waals surface area contributed by atoms with Crippen molar-refractivity contribution >= 4 is 27.4 Å². The fraction of sp³-hybridized carbons (Fsp3) is 0.389. The zero-order chi connectivity index (χ0) is 21.3. The van der Waals surface area contributed by atoms with Gasteiger partial charge >= 0.3 is 5.97 Å². The number of esters is 1. The zero-order valence-corrected chi connectivity index (χ0v) is 16.5. The number of benzene rings is 1. The minimum atomic E-state index is -3.20. The lowest BCUT2D eigenvalue weighted by Crippen LogP contribution is -2.42. The maximum Gasteiger partial charge on any atom is 0.355 e. The van der Waals surface area contributed by atoms with Crippen LogP contribution >= 0.6 is 0 Å². The summed E-state index contributed by atoms with van der Waals surface area (Å²) in [5.74, 6) is -1.47. The number of hydrazone groups is 1. The van der Waals surface area contributed by atoms with Gasteiger partial charge in [0.25, 0.3) is 5.89 Å². The minimum Gasteiger partial charge on any atom is -0.451 e. The average Bonchev–Trinajstić information content (AvgIpc) is 3.33. The Labute approximate surface area is 170 Å². The smallest absolute Gasteiger partial charge is 0.355 e. The summed E-state index contributed by atoms with van der Waals surface area (Å²) in [6.45, 7) is -0.308. The molecule has 30 heavy (non-hydrogen) atoms. The fourth-order valence-corrected chi connectivity index (χ4v) is 4.90. The highest BCUT2D eigenvalue weighted by atomic mass is 32.2. The second-order valence-corrected chi connectivity index (χ2v) is 9.15. The van der Waals surface area contributed by atoms with Gasteiger partial charge in [-0.25, -0.2) is 22.6 Å². The Bertz CT molecular complexity index is 1110. The number of halogens is 1. The van der Waals surface area contributed by atoms with E-state index in [4.69, 9.17) is 9.15 Å². The van der Waals surface area contributed by atoms with Crippen molar-refractivity contribution in [1.29, 1.82) is 0 Å². The van der Waals surface area contributed by atoms with Gasteiger partial charge in [0.05, 0.1) is 17.5 Å². The van der Waals surface area contributed by atoms with Gasteiger partial charge in [-0.05, 0) is 30.7 Å². The van der Waals surface area contributed by atoms with Crippen LogP contribution in [0.25, 0.3) is 11.5 Å². The van der Waals surface area contributed by atoms with Gasteiger partial charge in [0.15, 0.2) is 16.4 Å². The third-order valence-corrected chi connectivity index (χ3v) is 6.48. The normalized spacial score (nSPS) is 20.8. The van der Waals surface area contributed by atoms with Crippen LogP contribution < -0.4 is 0 Å². The monoisotopic (exact) mass is 436 g/mol. The van der Waals surface area contributed by atoms with Crippen LogP contribution in [-0.2, 0) is 30.8 Å². The Balaban J connectivity index is 1.39. The number of hydrogen-bond acceptors (Lipinski definition) is 9. The number of carbonyl (C=O) groups is 2. The molecule has 2 aromatic rings. The summed E-state index contributed by atoms with van der Waals surface area (Å²) < 4.78 is 46.9. The van der Waals surface area contributed by atoms with Gasteiger partial charge in [-0.2, -0.15) is 5.10 Å². The predicted octanol–water partition coefficient (Wildman–Crippen LogP) is 1.08. The molecule has 1 amide bonds. The van der Waals surface area contributed by atoms with E-state index in [-0.39, 0.29) is 60.8 Å². The Morgan fingerprint density at radius 2 is 2.00 bits per heavy atom. The maximum atomic E-state index is 13.0. The second-order valence-electron chi connectivity index (χ2n) is 6.93. The topological polar surface area (TPSA) is 132 Å². The Morgan fingerprint density at radius 3 is 2.70 bits per heavy atom.